The Morgan fingerprint density at radius 3 is 2.55 bits per heavy atom. The first-order valence-electron chi connectivity index (χ1n) is 8.48. The lowest BCUT2D eigenvalue weighted by molar-refractivity contribution is 0.297. The van der Waals surface area contributed by atoms with Crippen molar-refractivity contribution in [2.75, 3.05) is 32.7 Å². The Morgan fingerprint density at radius 2 is 1.95 bits per heavy atom. The van der Waals surface area contributed by atoms with Crippen LogP contribution >= 0.6 is 11.3 Å². The molecule has 2 N–H and O–H groups in total. The van der Waals surface area contributed by atoms with Gasteiger partial charge in [-0.05, 0) is 63.3 Å². The summed E-state index contributed by atoms with van der Waals surface area (Å²) in [6.07, 6.45) is 2.41. The molecule has 0 fully saturated rings. The predicted octanol–water partition coefficient (Wildman–Crippen LogP) is 3.23. The number of aryl methyl sites for hydroxylation is 1. The van der Waals surface area contributed by atoms with Gasteiger partial charge >= 0.3 is 0 Å². The van der Waals surface area contributed by atoms with E-state index in [0.717, 1.165) is 38.7 Å². The maximum Gasteiger partial charge on any atom is 0.191 e. The maximum atomic E-state index is 4.68. The number of aliphatic imine (C=N–C) groups is 1. The number of guanidine groups is 1. The number of rotatable bonds is 10. The van der Waals surface area contributed by atoms with Crippen LogP contribution in [0.15, 0.2) is 16.4 Å². The molecule has 0 atom stereocenters. The highest BCUT2D eigenvalue weighted by molar-refractivity contribution is 7.10. The van der Waals surface area contributed by atoms with Gasteiger partial charge in [0.25, 0.3) is 0 Å². The Balaban J connectivity index is 2.30. The normalized spacial score (nSPS) is 12.0. The molecular weight excluding hydrogens is 292 g/mol. The summed E-state index contributed by atoms with van der Waals surface area (Å²) in [7, 11) is 0. The SMILES string of the molecule is CCNC(=NCc1sccc1C)NCCCCN(CC)CC. The monoisotopic (exact) mass is 324 g/mol. The second-order valence-corrected chi connectivity index (χ2v) is 6.38. The zero-order valence-electron chi connectivity index (χ0n) is 14.6. The Kier molecular flexibility index (Phi) is 9.91. The largest absolute Gasteiger partial charge is 0.357 e. The Morgan fingerprint density at radius 1 is 1.18 bits per heavy atom. The lowest BCUT2D eigenvalue weighted by atomic mass is 10.3. The van der Waals surface area contributed by atoms with Gasteiger partial charge in [0.05, 0.1) is 6.54 Å². The molecule has 0 aliphatic carbocycles. The van der Waals surface area contributed by atoms with Crippen LogP contribution in [0.25, 0.3) is 0 Å². The zero-order chi connectivity index (χ0) is 16.2. The Bertz CT molecular complexity index is 424. The van der Waals surface area contributed by atoms with E-state index in [1.807, 2.05) is 0 Å². The number of nitrogens with zero attached hydrogens (tertiary/aromatic N) is 2. The van der Waals surface area contributed by atoms with Crippen LogP contribution in [0.4, 0.5) is 0 Å². The summed E-state index contributed by atoms with van der Waals surface area (Å²) in [4.78, 5) is 8.49. The molecule has 0 bridgehead atoms. The number of hydrogen-bond donors (Lipinski definition) is 2. The van der Waals surface area contributed by atoms with E-state index < -0.39 is 0 Å². The predicted molar refractivity (Wildman–Crippen MR) is 98.9 cm³/mol. The summed E-state index contributed by atoms with van der Waals surface area (Å²) in [5.41, 5.74) is 1.34. The van der Waals surface area contributed by atoms with Crippen molar-refractivity contribution in [1.82, 2.24) is 15.5 Å². The van der Waals surface area contributed by atoms with Crippen LogP contribution < -0.4 is 10.6 Å². The molecule has 1 rings (SSSR count). The standard InChI is InChI=1S/C17H32N4S/c1-5-18-17(20-14-16-15(4)10-13-22-16)19-11-8-9-12-21(6-2)7-3/h10,13H,5-9,11-12,14H2,1-4H3,(H2,18,19,20). The molecule has 0 aliphatic heterocycles. The fraction of sp³-hybridized carbons (Fsp3) is 0.706. The topological polar surface area (TPSA) is 39.7 Å². The number of nitrogens with one attached hydrogen (secondary N) is 2. The molecular formula is C17H32N4S. The highest BCUT2D eigenvalue weighted by atomic mass is 32.1. The fourth-order valence-electron chi connectivity index (χ4n) is 2.27. The molecule has 0 aliphatic rings. The Hall–Kier alpha value is -1.07. The number of thiophene rings is 1. The van der Waals surface area contributed by atoms with Crippen molar-refractivity contribution in [1.29, 1.82) is 0 Å². The van der Waals surface area contributed by atoms with Crippen molar-refractivity contribution in [3.05, 3.63) is 21.9 Å². The highest BCUT2D eigenvalue weighted by Crippen LogP contribution is 2.16. The summed E-state index contributed by atoms with van der Waals surface area (Å²) in [5, 5.41) is 8.89. The summed E-state index contributed by atoms with van der Waals surface area (Å²) < 4.78 is 0. The Labute approximate surface area is 140 Å². The van der Waals surface area contributed by atoms with E-state index in [9.17, 15) is 0 Å². The second-order valence-electron chi connectivity index (χ2n) is 5.38. The zero-order valence-corrected chi connectivity index (χ0v) is 15.4. The molecule has 0 unspecified atom stereocenters. The van der Waals surface area contributed by atoms with Gasteiger partial charge < -0.3 is 15.5 Å². The molecule has 0 amide bonds. The molecule has 126 valence electrons. The van der Waals surface area contributed by atoms with Crippen molar-refractivity contribution >= 4 is 17.3 Å². The van der Waals surface area contributed by atoms with Gasteiger partial charge in [-0.1, -0.05) is 13.8 Å². The van der Waals surface area contributed by atoms with E-state index in [4.69, 9.17) is 0 Å². The van der Waals surface area contributed by atoms with E-state index in [-0.39, 0.29) is 0 Å². The number of hydrogen-bond acceptors (Lipinski definition) is 3. The van der Waals surface area contributed by atoms with Gasteiger partial charge in [-0.2, -0.15) is 0 Å². The molecule has 1 aromatic heterocycles. The third-order valence-corrected chi connectivity index (χ3v) is 4.79. The van der Waals surface area contributed by atoms with E-state index in [1.54, 1.807) is 11.3 Å². The van der Waals surface area contributed by atoms with Gasteiger partial charge in [0.2, 0.25) is 0 Å². The summed E-state index contributed by atoms with van der Waals surface area (Å²) >= 11 is 1.78. The van der Waals surface area contributed by atoms with Crippen LogP contribution in [-0.4, -0.2) is 43.6 Å². The van der Waals surface area contributed by atoms with Crippen LogP contribution in [0.3, 0.4) is 0 Å². The van der Waals surface area contributed by atoms with Crippen LogP contribution in [0.2, 0.25) is 0 Å². The summed E-state index contributed by atoms with van der Waals surface area (Å²) in [6, 6.07) is 2.16. The van der Waals surface area contributed by atoms with E-state index >= 15 is 0 Å². The van der Waals surface area contributed by atoms with Gasteiger partial charge in [-0.3, -0.25) is 0 Å². The van der Waals surface area contributed by atoms with Crippen LogP contribution in [0.5, 0.6) is 0 Å². The third kappa shape index (κ3) is 7.27. The highest BCUT2D eigenvalue weighted by Gasteiger charge is 2.02. The lowest BCUT2D eigenvalue weighted by Gasteiger charge is -2.18. The average Bonchev–Trinajstić information content (AvgIpc) is 2.93. The van der Waals surface area contributed by atoms with Gasteiger partial charge in [-0.25, -0.2) is 4.99 Å². The molecule has 0 spiro atoms. The van der Waals surface area contributed by atoms with Crippen molar-refractivity contribution in [2.24, 2.45) is 4.99 Å². The molecule has 1 aromatic rings. The molecule has 4 nitrogen and oxygen atoms in total. The first-order valence-corrected chi connectivity index (χ1v) is 9.36. The second kappa shape index (κ2) is 11.5. The van der Waals surface area contributed by atoms with E-state index in [2.05, 4.69) is 59.7 Å². The van der Waals surface area contributed by atoms with E-state index in [0.29, 0.717) is 0 Å². The molecule has 22 heavy (non-hydrogen) atoms. The van der Waals surface area contributed by atoms with Crippen LogP contribution in [0.1, 0.15) is 44.1 Å². The molecule has 5 heteroatoms. The lowest BCUT2D eigenvalue weighted by Crippen LogP contribution is -2.38. The van der Waals surface area contributed by atoms with Crippen molar-refractivity contribution in [2.45, 2.75) is 47.1 Å². The smallest absolute Gasteiger partial charge is 0.191 e. The van der Waals surface area contributed by atoms with Gasteiger partial charge in [-0.15, -0.1) is 11.3 Å². The minimum Gasteiger partial charge on any atom is -0.357 e. The van der Waals surface area contributed by atoms with E-state index in [1.165, 1.54) is 29.8 Å². The molecule has 0 aromatic carbocycles. The van der Waals surface area contributed by atoms with Crippen molar-refractivity contribution < 1.29 is 0 Å². The molecule has 0 radical (unpaired) electrons. The van der Waals surface area contributed by atoms with Crippen LogP contribution in [-0.2, 0) is 6.54 Å². The van der Waals surface area contributed by atoms with Crippen molar-refractivity contribution in [3.63, 3.8) is 0 Å². The fourth-order valence-corrected chi connectivity index (χ4v) is 3.10. The van der Waals surface area contributed by atoms with Gasteiger partial charge in [0.1, 0.15) is 0 Å². The summed E-state index contributed by atoms with van der Waals surface area (Å²) in [6.45, 7) is 14.8. The first-order chi connectivity index (χ1) is 10.7. The number of unbranched alkanes of at least 4 members (excludes halogenated alkanes) is 1. The average molecular weight is 325 g/mol. The quantitative estimate of drug-likeness (QED) is 0.394. The van der Waals surface area contributed by atoms with Crippen molar-refractivity contribution in [3.8, 4) is 0 Å². The maximum absolute atomic E-state index is 4.68. The minimum absolute atomic E-state index is 0.762. The van der Waals surface area contributed by atoms with Crippen LogP contribution in [0, 0.1) is 6.92 Å². The third-order valence-electron chi connectivity index (χ3n) is 3.78. The van der Waals surface area contributed by atoms with Gasteiger partial charge in [0.15, 0.2) is 5.96 Å². The van der Waals surface area contributed by atoms with Gasteiger partial charge in [0, 0.05) is 18.0 Å². The molecule has 0 saturated carbocycles. The first kappa shape index (κ1) is 19.0. The minimum atomic E-state index is 0.762. The molecule has 1 heterocycles. The summed E-state index contributed by atoms with van der Waals surface area (Å²) in [5.74, 6) is 0.929. The molecule has 0 saturated heterocycles.